The molecule has 0 saturated heterocycles. The van der Waals surface area contributed by atoms with Crippen LogP contribution in [0.25, 0.3) is 11.3 Å². The van der Waals surface area contributed by atoms with Crippen LogP contribution in [0, 0.1) is 5.92 Å². The summed E-state index contributed by atoms with van der Waals surface area (Å²) >= 11 is 5.92. The third-order valence-electron chi connectivity index (χ3n) is 2.59. The molecule has 0 saturated carbocycles. The van der Waals surface area contributed by atoms with Crippen molar-refractivity contribution in [2.24, 2.45) is 5.92 Å². The molecule has 0 fully saturated rings. The van der Waals surface area contributed by atoms with Gasteiger partial charge in [0.25, 0.3) is 0 Å². The number of nitrogens with zero attached hydrogens (tertiary/aromatic N) is 1. The normalized spacial score (nSPS) is 12.7. The summed E-state index contributed by atoms with van der Waals surface area (Å²) in [5, 5.41) is -0.220. The molecular formula is C15H18ClNO2. The molecule has 0 aliphatic heterocycles. The Bertz CT molecular complexity index is 517. The van der Waals surface area contributed by atoms with E-state index in [4.69, 9.17) is 20.8 Å². The topological polar surface area (TPSA) is 35.3 Å². The number of ether oxygens (including phenoxy) is 1. The zero-order chi connectivity index (χ0) is 13.8. The summed E-state index contributed by atoms with van der Waals surface area (Å²) in [5.74, 6) is 2.64. The van der Waals surface area contributed by atoms with Gasteiger partial charge < -0.3 is 9.15 Å². The molecule has 4 heteroatoms. The lowest BCUT2D eigenvalue weighted by atomic mass is 10.2. The van der Waals surface area contributed by atoms with Crippen LogP contribution in [0.5, 0.6) is 5.75 Å². The summed E-state index contributed by atoms with van der Waals surface area (Å²) < 4.78 is 11.2. The molecule has 1 atom stereocenters. The molecule has 3 nitrogen and oxygen atoms in total. The summed E-state index contributed by atoms with van der Waals surface area (Å²) in [4.78, 5) is 4.14. The number of oxazole rings is 1. The van der Waals surface area contributed by atoms with Crippen LogP contribution in [-0.4, -0.2) is 11.6 Å². The smallest absolute Gasteiger partial charge is 0.212 e. The van der Waals surface area contributed by atoms with Crippen molar-refractivity contribution in [2.75, 3.05) is 6.61 Å². The fourth-order valence-electron chi connectivity index (χ4n) is 1.58. The van der Waals surface area contributed by atoms with Gasteiger partial charge in [0.2, 0.25) is 5.89 Å². The summed E-state index contributed by atoms with van der Waals surface area (Å²) in [6.45, 7) is 6.80. The lowest BCUT2D eigenvalue weighted by Gasteiger charge is -2.08. The average Bonchev–Trinajstić information content (AvgIpc) is 2.86. The van der Waals surface area contributed by atoms with E-state index in [1.54, 1.807) is 6.20 Å². The zero-order valence-corrected chi connectivity index (χ0v) is 12.1. The number of alkyl halides is 1. The highest BCUT2D eigenvalue weighted by molar-refractivity contribution is 6.20. The van der Waals surface area contributed by atoms with E-state index in [2.05, 4.69) is 18.8 Å². The molecule has 0 bridgehead atoms. The van der Waals surface area contributed by atoms with Crippen LogP contribution in [0.1, 0.15) is 32.0 Å². The summed E-state index contributed by atoms with van der Waals surface area (Å²) in [5.41, 5.74) is 0.966. The van der Waals surface area contributed by atoms with Crippen LogP contribution in [0.15, 0.2) is 34.9 Å². The van der Waals surface area contributed by atoms with Crippen molar-refractivity contribution in [3.63, 3.8) is 0 Å². The molecule has 0 N–H and O–H groups in total. The van der Waals surface area contributed by atoms with Gasteiger partial charge in [-0.3, -0.25) is 0 Å². The van der Waals surface area contributed by atoms with Crippen LogP contribution in [0.3, 0.4) is 0 Å². The molecule has 2 aromatic rings. The van der Waals surface area contributed by atoms with Crippen molar-refractivity contribution in [3.8, 4) is 17.1 Å². The minimum absolute atomic E-state index is 0.220. The number of halogens is 1. The standard InChI is InChI=1S/C15H18ClNO2/c1-10(2)9-18-13-6-4-12(5-7-13)14-8-17-15(19-14)11(3)16/h4-8,10-11H,9H2,1-3H3. The van der Waals surface area contributed by atoms with E-state index in [1.807, 2.05) is 31.2 Å². The van der Waals surface area contributed by atoms with E-state index in [9.17, 15) is 0 Å². The van der Waals surface area contributed by atoms with Crippen LogP contribution >= 0.6 is 11.6 Å². The third-order valence-corrected chi connectivity index (χ3v) is 2.77. The summed E-state index contributed by atoms with van der Waals surface area (Å²) in [6.07, 6.45) is 1.69. The Morgan fingerprint density at radius 2 is 1.89 bits per heavy atom. The van der Waals surface area contributed by atoms with E-state index in [-0.39, 0.29) is 5.38 Å². The molecule has 1 aromatic heterocycles. The second kappa shape index (κ2) is 6.11. The lowest BCUT2D eigenvalue weighted by Crippen LogP contribution is -2.04. The lowest BCUT2D eigenvalue weighted by molar-refractivity contribution is 0.271. The summed E-state index contributed by atoms with van der Waals surface area (Å²) in [6, 6.07) is 7.78. The minimum atomic E-state index is -0.220. The summed E-state index contributed by atoms with van der Waals surface area (Å²) in [7, 11) is 0. The molecule has 1 aromatic carbocycles. The fourth-order valence-corrected chi connectivity index (χ4v) is 1.68. The molecule has 2 rings (SSSR count). The Labute approximate surface area is 118 Å². The van der Waals surface area contributed by atoms with Crippen LogP contribution in [-0.2, 0) is 0 Å². The van der Waals surface area contributed by atoms with Crippen molar-refractivity contribution in [3.05, 3.63) is 36.4 Å². The predicted octanol–water partition coefficient (Wildman–Crippen LogP) is 4.68. The Morgan fingerprint density at radius 3 is 2.42 bits per heavy atom. The minimum Gasteiger partial charge on any atom is -0.493 e. The Morgan fingerprint density at radius 1 is 1.21 bits per heavy atom. The van der Waals surface area contributed by atoms with E-state index in [1.165, 1.54) is 0 Å². The third kappa shape index (κ3) is 3.74. The van der Waals surface area contributed by atoms with Gasteiger partial charge in [0.05, 0.1) is 12.8 Å². The van der Waals surface area contributed by atoms with Gasteiger partial charge in [-0.2, -0.15) is 0 Å². The van der Waals surface area contributed by atoms with E-state index < -0.39 is 0 Å². The van der Waals surface area contributed by atoms with Gasteiger partial charge in [0.1, 0.15) is 11.1 Å². The second-order valence-corrected chi connectivity index (χ2v) is 5.56. The highest BCUT2D eigenvalue weighted by atomic mass is 35.5. The Balaban J connectivity index is 2.08. The van der Waals surface area contributed by atoms with Gasteiger partial charge in [-0.05, 0) is 37.1 Å². The van der Waals surface area contributed by atoms with Crippen LogP contribution in [0.2, 0.25) is 0 Å². The molecule has 0 spiro atoms. The maximum Gasteiger partial charge on any atom is 0.212 e. The van der Waals surface area contributed by atoms with E-state index >= 15 is 0 Å². The van der Waals surface area contributed by atoms with E-state index in [0.717, 1.165) is 23.7 Å². The van der Waals surface area contributed by atoms with Gasteiger partial charge in [-0.1, -0.05) is 13.8 Å². The number of hydrogen-bond donors (Lipinski definition) is 0. The quantitative estimate of drug-likeness (QED) is 0.746. The maximum atomic E-state index is 5.92. The average molecular weight is 280 g/mol. The monoisotopic (exact) mass is 279 g/mol. The van der Waals surface area contributed by atoms with Gasteiger partial charge in [0.15, 0.2) is 5.76 Å². The SMILES string of the molecule is CC(C)COc1ccc(-c2cnc(C(C)Cl)o2)cc1. The molecule has 1 unspecified atom stereocenters. The first-order chi connectivity index (χ1) is 9.06. The molecule has 0 radical (unpaired) electrons. The number of benzene rings is 1. The highest BCUT2D eigenvalue weighted by Gasteiger charge is 2.10. The second-order valence-electron chi connectivity index (χ2n) is 4.91. The van der Waals surface area contributed by atoms with Crippen molar-refractivity contribution in [2.45, 2.75) is 26.1 Å². The van der Waals surface area contributed by atoms with E-state index in [0.29, 0.717) is 11.8 Å². The van der Waals surface area contributed by atoms with Gasteiger partial charge in [0, 0.05) is 5.56 Å². The van der Waals surface area contributed by atoms with Gasteiger partial charge in [-0.25, -0.2) is 4.98 Å². The Hall–Kier alpha value is -1.48. The highest BCUT2D eigenvalue weighted by Crippen LogP contribution is 2.27. The maximum absolute atomic E-state index is 5.92. The van der Waals surface area contributed by atoms with Crippen molar-refractivity contribution >= 4 is 11.6 Å². The first-order valence-electron chi connectivity index (χ1n) is 6.39. The molecule has 0 aliphatic carbocycles. The fraction of sp³-hybridized carbons (Fsp3) is 0.400. The van der Waals surface area contributed by atoms with Gasteiger partial charge in [-0.15, -0.1) is 11.6 Å². The molecule has 0 aliphatic rings. The number of aromatic nitrogens is 1. The predicted molar refractivity (Wildman–Crippen MR) is 76.5 cm³/mol. The number of rotatable bonds is 5. The van der Waals surface area contributed by atoms with Gasteiger partial charge >= 0.3 is 0 Å². The molecule has 0 amide bonds. The van der Waals surface area contributed by atoms with Crippen molar-refractivity contribution in [1.82, 2.24) is 4.98 Å². The molecule has 102 valence electrons. The van der Waals surface area contributed by atoms with Crippen molar-refractivity contribution < 1.29 is 9.15 Å². The van der Waals surface area contributed by atoms with Crippen LogP contribution < -0.4 is 4.74 Å². The van der Waals surface area contributed by atoms with Crippen LogP contribution in [0.4, 0.5) is 0 Å². The first-order valence-corrected chi connectivity index (χ1v) is 6.83. The molecule has 1 heterocycles. The number of hydrogen-bond acceptors (Lipinski definition) is 3. The first kappa shape index (κ1) is 13.9. The molecule has 19 heavy (non-hydrogen) atoms. The largest absolute Gasteiger partial charge is 0.493 e. The molecular weight excluding hydrogens is 262 g/mol. The Kier molecular flexibility index (Phi) is 4.48. The zero-order valence-electron chi connectivity index (χ0n) is 11.4. The van der Waals surface area contributed by atoms with Crippen molar-refractivity contribution in [1.29, 1.82) is 0 Å².